The summed E-state index contributed by atoms with van der Waals surface area (Å²) in [6.45, 7) is 0. The molecule has 1 atom stereocenters. The van der Waals surface area contributed by atoms with Crippen LogP contribution in [0.5, 0.6) is 0 Å². The lowest BCUT2D eigenvalue weighted by molar-refractivity contribution is -0.113. The second kappa shape index (κ2) is 3.10. The van der Waals surface area contributed by atoms with Crippen LogP contribution in [0, 0.1) is 0 Å². The summed E-state index contributed by atoms with van der Waals surface area (Å²) in [6.07, 6.45) is 6.69. The van der Waals surface area contributed by atoms with E-state index in [4.69, 9.17) is 0 Å². The number of aliphatic hydroxyl groups is 1. The fourth-order valence-electron chi connectivity index (χ4n) is 1.23. The zero-order chi connectivity index (χ0) is 9.42. The van der Waals surface area contributed by atoms with E-state index in [1.54, 1.807) is 6.08 Å². The molecule has 1 unspecified atom stereocenters. The molecule has 0 spiro atoms. The van der Waals surface area contributed by atoms with Crippen molar-refractivity contribution in [3.8, 4) is 0 Å². The van der Waals surface area contributed by atoms with Gasteiger partial charge in [0, 0.05) is 15.6 Å². The van der Waals surface area contributed by atoms with Crippen LogP contribution in [-0.4, -0.2) is 20.7 Å². The minimum Gasteiger partial charge on any atom is -0.507 e. The van der Waals surface area contributed by atoms with Crippen molar-refractivity contribution in [3.05, 3.63) is 35.6 Å². The molecule has 0 bridgehead atoms. The number of alkyl halides is 1. The van der Waals surface area contributed by atoms with Crippen molar-refractivity contribution >= 4 is 34.2 Å². The summed E-state index contributed by atoms with van der Waals surface area (Å²) < 4.78 is 0.246. The van der Waals surface area contributed by atoms with Gasteiger partial charge in [-0.1, -0.05) is 34.7 Å². The Labute approximate surface area is 88.7 Å². The van der Waals surface area contributed by atoms with Crippen LogP contribution in [0.2, 0.25) is 0 Å². The van der Waals surface area contributed by atoms with E-state index in [0.717, 1.165) is 6.08 Å². The van der Waals surface area contributed by atoms with E-state index in [9.17, 15) is 9.90 Å². The third-order valence-corrected chi connectivity index (χ3v) is 2.58. The second-order valence-electron chi connectivity index (χ2n) is 2.75. The number of fused-ring (bicyclic) bond motifs is 1. The van der Waals surface area contributed by atoms with Gasteiger partial charge in [0.15, 0.2) is 0 Å². The molecule has 1 aliphatic carbocycles. The Hall–Kier alpha value is -0.910. The predicted molar refractivity (Wildman–Crippen MR) is 58.2 cm³/mol. The van der Waals surface area contributed by atoms with Crippen molar-refractivity contribution in [1.82, 2.24) is 0 Å². The zero-order valence-electron chi connectivity index (χ0n) is 6.57. The number of aliphatic imine (C=N–C) groups is 1. The van der Waals surface area contributed by atoms with Crippen LogP contribution in [0.1, 0.15) is 0 Å². The average molecular weight is 287 g/mol. The first-order valence-electron chi connectivity index (χ1n) is 3.75. The van der Waals surface area contributed by atoms with E-state index in [1.165, 1.54) is 0 Å². The van der Waals surface area contributed by atoms with Crippen LogP contribution in [-0.2, 0) is 4.79 Å². The van der Waals surface area contributed by atoms with Crippen molar-refractivity contribution in [2.45, 2.75) is 3.92 Å². The molecule has 2 aliphatic rings. The lowest BCUT2D eigenvalue weighted by atomic mass is 9.99. The lowest BCUT2D eigenvalue weighted by Crippen LogP contribution is -2.16. The second-order valence-corrected chi connectivity index (χ2v) is 4.19. The SMILES string of the molecule is O=C1C=C(O)C2=CC(I)C=CC2=N1. The maximum atomic E-state index is 10.9. The van der Waals surface area contributed by atoms with E-state index in [1.807, 2.05) is 12.2 Å². The number of hydrogen-bond acceptors (Lipinski definition) is 2. The quantitative estimate of drug-likeness (QED) is 0.544. The average Bonchev–Trinajstić information content (AvgIpc) is 2.06. The Kier molecular flexibility index (Phi) is 2.07. The van der Waals surface area contributed by atoms with Crippen LogP contribution in [0.3, 0.4) is 0 Å². The molecular formula is C9H6INO2. The molecule has 0 radical (unpaired) electrons. The van der Waals surface area contributed by atoms with Crippen molar-refractivity contribution in [3.63, 3.8) is 0 Å². The largest absolute Gasteiger partial charge is 0.507 e. The Morgan fingerprint density at radius 1 is 1.54 bits per heavy atom. The van der Waals surface area contributed by atoms with E-state index in [0.29, 0.717) is 11.3 Å². The van der Waals surface area contributed by atoms with Gasteiger partial charge in [-0.05, 0) is 6.08 Å². The van der Waals surface area contributed by atoms with Crippen molar-refractivity contribution < 1.29 is 9.90 Å². The molecule has 0 aromatic rings. The highest BCUT2D eigenvalue weighted by atomic mass is 127. The van der Waals surface area contributed by atoms with E-state index >= 15 is 0 Å². The van der Waals surface area contributed by atoms with Crippen LogP contribution < -0.4 is 0 Å². The number of rotatable bonds is 0. The van der Waals surface area contributed by atoms with E-state index in [-0.39, 0.29) is 9.68 Å². The molecule has 2 rings (SSSR count). The van der Waals surface area contributed by atoms with Crippen LogP contribution in [0.4, 0.5) is 0 Å². The Balaban J connectivity index is 2.48. The molecule has 66 valence electrons. The maximum absolute atomic E-state index is 10.9. The number of amides is 1. The Morgan fingerprint density at radius 2 is 2.31 bits per heavy atom. The van der Waals surface area contributed by atoms with Crippen molar-refractivity contribution in [2.75, 3.05) is 0 Å². The number of halogens is 1. The smallest absolute Gasteiger partial charge is 0.274 e. The third-order valence-electron chi connectivity index (χ3n) is 1.81. The van der Waals surface area contributed by atoms with Gasteiger partial charge in [-0.15, -0.1) is 0 Å². The zero-order valence-corrected chi connectivity index (χ0v) is 8.72. The summed E-state index contributed by atoms with van der Waals surface area (Å²) in [5.74, 6) is -0.387. The van der Waals surface area contributed by atoms with Gasteiger partial charge in [-0.2, -0.15) is 0 Å². The molecule has 0 saturated heterocycles. The number of dihydropyridines is 1. The number of carbonyl (C=O) groups excluding carboxylic acids is 1. The van der Waals surface area contributed by atoms with Crippen molar-refractivity contribution in [1.29, 1.82) is 0 Å². The summed E-state index contributed by atoms with van der Waals surface area (Å²) in [6, 6.07) is 0. The van der Waals surface area contributed by atoms with E-state index in [2.05, 4.69) is 27.6 Å². The summed E-state index contributed by atoms with van der Waals surface area (Å²) in [5.41, 5.74) is 1.21. The highest BCUT2D eigenvalue weighted by Gasteiger charge is 2.20. The topological polar surface area (TPSA) is 49.7 Å². The van der Waals surface area contributed by atoms with Gasteiger partial charge in [-0.3, -0.25) is 4.79 Å². The molecule has 1 aliphatic heterocycles. The van der Waals surface area contributed by atoms with Gasteiger partial charge in [0.1, 0.15) is 5.76 Å². The molecule has 1 N–H and O–H groups in total. The van der Waals surface area contributed by atoms with Crippen LogP contribution >= 0.6 is 22.6 Å². The van der Waals surface area contributed by atoms with Crippen molar-refractivity contribution in [2.24, 2.45) is 4.99 Å². The Bertz CT molecular complexity index is 390. The highest BCUT2D eigenvalue weighted by molar-refractivity contribution is 14.1. The predicted octanol–water partition coefficient (Wildman–Crippen LogP) is 1.71. The molecule has 1 amide bonds. The highest BCUT2D eigenvalue weighted by Crippen LogP contribution is 2.23. The normalized spacial score (nSPS) is 26.1. The minimum absolute atomic E-state index is 0.0148. The van der Waals surface area contributed by atoms with E-state index < -0.39 is 5.91 Å². The molecule has 0 aromatic carbocycles. The summed E-state index contributed by atoms with van der Waals surface area (Å²) >= 11 is 2.22. The standard InChI is InChI=1S/C9H6INO2/c10-5-1-2-7-6(3-5)8(12)4-9(13)11-7/h1-5,12H. The monoisotopic (exact) mass is 287 g/mol. The molecule has 0 saturated carbocycles. The molecule has 0 fully saturated rings. The van der Waals surface area contributed by atoms with Gasteiger partial charge in [0.2, 0.25) is 0 Å². The first-order chi connectivity index (χ1) is 6.16. The molecule has 3 nitrogen and oxygen atoms in total. The maximum Gasteiger partial charge on any atom is 0.274 e. The van der Waals surface area contributed by atoms with Gasteiger partial charge >= 0.3 is 0 Å². The molecular weight excluding hydrogens is 281 g/mol. The fourth-order valence-corrected chi connectivity index (χ4v) is 1.80. The van der Waals surface area contributed by atoms with Gasteiger partial charge < -0.3 is 5.11 Å². The molecule has 1 heterocycles. The first-order valence-corrected chi connectivity index (χ1v) is 4.99. The van der Waals surface area contributed by atoms with Crippen LogP contribution in [0.15, 0.2) is 40.6 Å². The number of carbonyl (C=O) groups is 1. The first kappa shape index (κ1) is 8.68. The van der Waals surface area contributed by atoms with Crippen LogP contribution in [0.25, 0.3) is 0 Å². The molecule has 4 heteroatoms. The number of nitrogens with zero attached hydrogens (tertiary/aromatic N) is 1. The number of aliphatic hydroxyl groups excluding tert-OH is 1. The van der Waals surface area contributed by atoms with Gasteiger partial charge in [0.05, 0.1) is 5.71 Å². The summed E-state index contributed by atoms with van der Waals surface area (Å²) in [5, 5.41) is 9.45. The summed E-state index contributed by atoms with van der Waals surface area (Å²) in [4.78, 5) is 14.7. The Morgan fingerprint density at radius 3 is 3.08 bits per heavy atom. The third kappa shape index (κ3) is 1.58. The van der Waals surface area contributed by atoms with Gasteiger partial charge in [-0.25, -0.2) is 4.99 Å². The minimum atomic E-state index is -0.402. The molecule has 13 heavy (non-hydrogen) atoms. The fraction of sp³-hybridized carbons (Fsp3) is 0.111. The summed E-state index contributed by atoms with van der Waals surface area (Å²) in [7, 11) is 0. The number of allylic oxidation sites excluding steroid dienone is 4. The van der Waals surface area contributed by atoms with Gasteiger partial charge in [0.25, 0.3) is 5.91 Å². The lowest BCUT2D eigenvalue weighted by Gasteiger charge is -2.15. The molecule has 0 aromatic heterocycles. The number of hydrogen-bond donors (Lipinski definition) is 1.